The van der Waals surface area contributed by atoms with Gasteiger partial charge in [-0.05, 0) is 45.3 Å². The first-order chi connectivity index (χ1) is 9.62. The lowest BCUT2D eigenvalue weighted by atomic mass is 9.78. The average Bonchev–Trinajstić information content (AvgIpc) is 2.57. The van der Waals surface area contributed by atoms with Crippen LogP contribution in [0.2, 0.25) is 0 Å². The fourth-order valence-corrected chi connectivity index (χ4v) is 2.00. The minimum atomic E-state index is -0.574. The Labute approximate surface area is 124 Å². The summed E-state index contributed by atoms with van der Waals surface area (Å²) in [6.45, 7) is 7.89. The second kappa shape index (κ2) is 5.20. The van der Waals surface area contributed by atoms with Crippen molar-refractivity contribution in [3.8, 4) is 5.75 Å². The predicted molar refractivity (Wildman–Crippen MR) is 82.1 cm³/mol. The smallest absolute Gasteiger partial charge is 0.494 e. The van der Waals surface area contributed by atoms with E-state index in [2.05, 4.69) is 0 Å². The van der Waals surface area contributed by atoms with Crippen molar-refractivity contribution in [2.45, 2.75) is 38.9 Å². The zero-order valence-corrected chi connectivity index (χ0v) is 12.7. The zero-order chi connectivity index (χ0) is 15.8. The Balaban J connectivity index is 2.30. The van der Waals surface area contributed by atoms with Crippen LogP contribution >= 0.6 is 0 Å². The van der Waals surface area contributed by atoms with Gasteiger partial charge in [0.15, 0.2) is 0 Å². The molecule has 1 aliphatic heterocycles. The number of phenolic OH excluding ortho intramolecular Hbond substituents is 1. The van der Waals surface area contributed by atoms with E-state index < -0.39 is 24.2 Å². The maximum atomic E-state index is 10.8. The molecular formula is C15H20BNO4. The lowest BCUT2D eigenvalue weighted by molar-refractivity contribution is -0.113. The molecule has 0 bridgehead atoms. The van der Waals surface area contributed by atoms with Crippen molar-refractivity contribution < 1.29 is 19.2 Å². The molecule has 0 aliphatic carbocycles. The van der Waals surface area contributed by atoms with E-state index in [-0.39, 0.29) is 5.75 Å². The van der Waals surface area contributed by atoms with Crippen molar-refractivity contribution in [1.82, 2.24) is 0 Å². The fourth-order valence-electron chi connectivity index (χ4n) is 2.00. The lowest BCUT2D eigenvalue weighted by Gasteiger charge is -2.32. The Kier molecular flexibility index (Phi) is 3.86. The number of hydrogen-bond acceptors (Lipinski definition) is 4. The third-order valence-electron chi connectivity index (χ3n) is 4.00. The van der Waals surface area contributed by atoms with E-state index >= 15 is 0 Å². The number of hydrogen-bond donors (Lipinski definition) is 2. The number of aromatic hydroxyl groups is 1. The Morgan fingerprint density at radius 1 is 1.24 bits per heavy atom. The molecule has 0 unspecified atom stereocenters. The minimum Gasteiger partial charge on any atom is -0.507 e. The molecule has 6 heteroatoms. The molecule has 1 saturated heterocycles. The van der Waals surface area contributed by atoms with Crippen molar-refractivity contribution in [2.24, 2.45) is 5.73 Å². The highest BCUT2D eigenvalue weighted by atomic mass is 16.7. The van der Waals surface area contributed by atoms with Crippen LogP contribution in [0.5, 0.6) is 5.75 Å². The van der Waals surface area contributed by atoms with E-state index in [1.165, 1.54) is 12.2 Å². The Hall–Kier alpha value is -1.79. The van der Waals surface area contributed by atoms with E-state index in [0.29, 0.717) is 5.56 Å². The maximum absolute atomic E-state index is 10.8. The van der Waals surface area contributed by atoms with Crippen LogP contribution in [0.4, 0.5) is 0 Å². The molecule has 0 spiro atoms. The first kappa shape index (κ1) is 15.6. The summed E-state index contributed by atoms with van der Waals surface area (Å²) in [7, 11) is -0.517. The van der Waals surface area contributed by atoms with E-state index in [1.807, 2.05) is 27.7 Å². The summed E-state index contributed by atoms with van der Waals surface area (Å²) in [6, 6.07) is 5.00. The molecule has 2 rings (SSSR count). The quantitative estimate of drug-likeness (QED) is 0.647. The third-order valence-corrected chi connectivity index (χ3v) is 4.00. The summed E-state index contributed by atoms with van der Waals surface area (Å²) >= 11 is 0. The molecule has 1 amide bonds. The number of nitrogens with two attached hydrogens (primary N) is 1. The van der Waals surface area contributed by atoms with Gasteiger partial charge >= 0.3 is 7.12 Å². The molecule has 1 aromatic carbocycles. The summed E-state index contributed by atoms with van der Waals surface area (Å²) < 4.78 is 11.9. The molecule has 112 valence electrons. The second-order valence-corrected chi connectivity index (χ2v) is 6.14. The SMILES string of the molecule is CC1(C)OB(c2ccc(O)c(C=CC(N)=O)c2)OC1(C)C. The molecule has 0 radical (unpaired) electrons. The van der Waals surface area contributed by atoms with Crippen LogP contribution in [0.1, 0.15) is 33.3 Å². The Morgan fingerprint density at radius 2 is 1.81 bits per heavy atom. The van der Waals surface area contributed by atoms with Gasteiger partial charge in [0.25, 0.3) is 0 Å². The topological polar surface area (TPSA) is 81.8 Å². The van der Waals surface area contributed by atoms with E-state index in [4.69, 9.17) is 15.0 Å². The highest BCUT2D eigenvalue weighted by Gasteiger charge is 2.51. The molecule has 1 aromatic rings. The molecule has 1 heterocycles. The number of phenols is 1. The summed E-state index contributed by atoms with van der Waals surface area (Å²) in [5.74, 6) is -0.511. The molecule has 0 aromatic heterocycles. The molecular weight excluding hydrogens is 269 g/mol. The zero-order valence-electron chi connectivity index (χ0n) is 12.7. The summed E-state index contributed by atoms with van der Waals surface area (Å²) in [5.41, 5.74) is 5.46. The van der Waals surface area contributed by atoms with Gasteiger partial charge in [-0.3, -0.25) is 4.79 Å². The van der Waals surface area contributed by atoms with Gasteiger partial charge in [-0.15, -0.1) is 0 Å². The van der Waals surface area contributed by atoms with Crippen LogP contribution in [0.25, 0.3) is 6.08 Å². The van der Waals surface area contributed by atoms with Gasteiger partial charge in [0.05, 0.1) is 11.2 Å². The molecule has 1 fully saturated rings. The first-order valence-corrected chi connectivity index (χ1v) is 6.78. The highest BCUT2D eigenvalue weighted by Crippen LogP contribution is 2.36. The monoisotopic (exact) mass is 289 g/mol. The molecule has 21 heavy (non-hydrogen) atoms. The number of primary amides is 1. The maximum Gasteiger partial charge on any atom is 0.494 e. The van der Waals surface area contributed by atoms with E-state index in [0.717, 1.165) is 5.46 Å². The molecule has 5 nitrogen and oxygen atoms in total. The van der Waals surface area contributed by atoms with Crippen molar-refractivity contribution in [2.75, 3.05) is 0 Å². The second-order valence-electron chi connectivity index (χ2n) is 6.14. The van der Waals surface area contributed by atoms with Crippen molar-refractivity contribution in [1.29, 1.82) is 0 Å². The van der Waals surface area contributed by atoms with Gasteiger partial charge < -0.3 is 20.1 Å². The largest absolute Gasteiger partial charge is 0.507 e. The fraction of sp³-hybridized carbons (Fsp3) is 0.400. The van der Waals surface area contributed by atoms with Crippen LogP contribution in [-0.2, 0) is 14.1 Å². The number of benzene rings is 1. The van der Waals surface area contributed by atoms with Gasteiger partial charge in [0.1, 0.15) is 5.75 Å². The van der Waals surface area contributed by atoms with Crippen LogP contribution < -0.4 is 11.2 Å². The van der Waals surface area contributed by atoms with Crippen LogP contribution in [-0.4, -0.2) is 29.3 Å². The molecule has 3 N–H and O–H groups in total. The number of carbonyl (C=O) groups is 1. The summed E-state index contributed by atoms with van der Waals surface area (Å²) in [5, 5.41) is 9.81. The van der Waals surface area contributed by atoms with Crippen LogP contribution in [0.3, 0.4) is 0 Å². The van der Waals surface area contributed by atoms with E-state index in [9.17, 15) is 9.90 Å². The van der Waals surface area contributed by atoms with Crippen molar-refractivity contribution in [3.63, 3.8) is 0 Å². The summed E-state index contributed by atoms with van der Waals surface area (Å²) in [6.07, 6.45) is 2.66. The Bertz CT molecular complexity index is 579. The number of carbonyl (C=O) groups excluding carboxylic acids is 1. The van der Waals surface area contributed by atoms with Gasteiger partial charge in [-0.2, -0.15) is 0 Å². The Morgan fingerprint density at radius 3 is 2.33 bits per heavy atom. The molecule has 1 aliphatic rings. The number of rotatable bonds is 3. The highest BCUT2D eigenvalue weighted by molar-refractivity contribution is 6.62. The van der Waals surface area contributed by atoms with Gasteiger partial charge in [-0.1, -0.05) is 12.1 Å². The van der Waals surface area contributed by atoms with Crippen molar-refractivity contribution >= 4 is 24.6 Å². The first-order valence-electron chi connectivity index (χ1n) is 6.78. The minimum absolute atomic E-state index is 0.0627. The van der Waals surface area contributed by atoms with Gasteiger partial charge in [0.2, 0.25) is 5.91 Å². The van der Waals surface area contributed by atoms with E-state index in [1.54, 1.807) is 18.2 Å². The standard InChI is InChI=1S/C15H20BNO4/c1-14(2)15(3,4)21-16(20-14)11-6-7-12(18)10(9-11)5-8-13(17)19/h5-9,18H,1-4H3,(H2,17,19). The van der Waals surface area contributed by atoms with Gasteiger partial charge in [0, 0.05) is 11.6 Å². The molecule has 0 saturated carbocycles. The van der Waals surface area contributed by atoms with Crippen LogP contribution in [0.15, 0.2) is 24.3 Å². The normalized spacial score (nSPS) is 20.1. The van der Waals surface area contributed by atoms with Gasteiger partial charge in [-0.25, -0.2) is 0 Å². The number of amides is 1. The van der Waals surface area contributed by atoms with Crippen LogP contribution in [0, 0.1) is 0 Å². The molecule has 0 atom stereocenters. The predicted octanol–water partition coefficient (Wildman–Crippen LogP) is 1.19. The summed E-state index contributed by atoms with van der Waals surface area (Å²) in [4.78, 5) is 10.8. The lowest BCUT2D eigenvalue weighted by Crippen LogP contribution is -2.41. The van der Waals surface area contributed by atoms with Crippen molar-refractivity contribution in [3.05, 3.63) is 29.8 Å². The average molecular weight is 289 g/mol. The third kappa shape index (κ3) is 3.11.